The van der Waals surface area contributed by atoms with E-state index >= 15 is 0 Å². The summed E-state index contributed by atoms with van der Waals surface area (Å²) in [6, 6.07) is 23.3. The van der Waals surface area contributed by atoms with E-state index in [1.54, 1.807) is 13.3 Å². The minimum Gasteiger partial charge on any atom is -0.497 e. The van der Waals surface area contributed by atoms with E-state index in [4.69, 9.17) is 9.72 Å². The summed E-state index contributed by atoms with van der Waals surface area (Å²) in [4.78, 5) is 25.4. The van der Waals surface area contributed by atoms with E-state index in [0.29, 0.717) is 18.7 Å². The summed E-state index contributed by atoms with van der Waals surface area (Å²) in [6.07, 6.45) is 6.63. The van der Waals surface area contributed by atoms with E-state index in [1.165, 1.54) is 0 Å². The highest BCUT2D eigenvalue weighted by atomic mass is 16.5. The van der Waals surface area contributed by atoms with Crippen LogP contribution < -0.4 is 4.74 Å². The van der Waals surface area contributed by atoms with Crippen molar-refractivity contribution in [3.05, 3.63) is 108 Å². The summed E-state index contributed by atoms with van der Waals surface area (Å²) in [5, 5.41) is 0. The van der Waals surface area contributed by atoms with Gasteiger partial charge >= 0.3 is 0 Å². The Balaban J connectivity index is 1.55. The molecule has 0 aliphatic rings. The Bertz CT molecular complexity index is 1460. The summed E-state index contributed by atoms with van der Waals surface area (Å²) in [5.41, 5.74) is 4.18. The van der Waals surface area contributed by atoms with Gasteiger partial charge in [0.1, 0.15) is 17.1 Å². The number of nitrogens with zero attached hydrogens (tertiary/aromatic N) is 5. The van der Waals surface area contributed by atoms with Crippen LogP contribution in [0.2, 0.25) is 0 Å². The van der Waals surface area contributed by atoms with E-state index in [-0.39, 0.29) is 5.91 Å². The number of methoxy groups -OCH3 is 1. The third-order valence-corrected chi connectivity index (χ3v) is 6.20. The lowest BCUT2D eigenvalue weighted by Gasteiger charge is -2.24. The van der Waals surface area contributed by atoms with Crippen LogP contribution in [0.1, 0.15) is 35.1 Å². The highest BCUT2D eigenvalue weighted by Gasteiger charge is 2.23. The second kappa shape index (κ2) is 10.5. The molecule has 7 nitrogen and oxygen atoms in total. The quantitative estimate of drug-likeness (QED) is 0.281. The van der Waals surface area contributed by atoms with Gasteiger partial charge in [-0.1, -0.05) is 31.2 Å². The molecule has 3 heterocycles. The number of aryl methyl sites for hydroxylation is 1. The Kier molecular flexibility index (Phi) is 6.80. The maximum atomic E-state index is 14.1. The zero-order chi connectivity index (χ0) is 24.9. The molecule has 0 radical (unpaired) electrons. The maximum absolute atomic E-state index is 14.1. The van der Waals surface area contributed by atoms with E-state index in [0.717, 1.165) is 47.0 Å². The first kappa shape index (κ1) is 23.4. The van der Waals surface area contributed by atoms with Crippen LogP contribution in [-0.4, -0.2) is 37.0 Å². The van der Waals surface area contributed by atoms with Crippen molar-refractivity contribution in [2.45, 2.75) is 33.0 Å². The zero-order valence-electron chi connectivity index (χ0n) is 20.5. The first-order chi connectivity index (χ1) is 17.7. The zero-order valence-corrected chi connectivity index (χ0v) is 20.5. The Labute approximate surface area is 210 Å². The largest absolute Gasteiger partial charge is 0.497 e. The summed E-state index contributed by atoms with van der Waals surface area (Å²) < 4.78 is 9.41. The molecule has 7 heteroatoms. The van der Waals surface area contributed by atoms with Crippen molar-refractivity contribution in [3.63, 3.8) is 0 Å². The standard InChI is InChI=1S/C29H29N5O2/c1-3-17-34-27(31-25-10-8-16-30-28(25)34)21-33(20-22-12-14-23(36-2)15-13-22)29(35)24-9-4-5-11-26(24)32-18-6-7-19-32/h4-16,18-19H,3,17,20-21H2,1-2H3. The van der Waals surface area contributed by atoms with Crippen LogP contribution in [-0.2, 0) is 19.6 Å². The van der Waals surface area contributed by atoms with Gasteiger partial charge in [-0.15, -0.1) is 0 Å². The summed E-state index contributed by atoms with van der Waals surface area (Å²) >= 11 is 0. The van der Waals surface area contributed by atoms with Gasteiger partial charge in [0.2, 0.25) is 0 Å². The van der Waals surface area contributed by atoms with Crippen LogP contribution in [0, 0.1) is 0 Å². The highest BCUT2D eigenvalue weighted by Crippen LogP contribution is 2.23. The molecule has 5 rings (SSSR count). The second-order valence-corrected chi connectivity index (χ2v) is 8.64. The molecular formula is C29H29N5O2. The molecule has 1 amide bonds. The molecular weight excluding hydrogens is 450 g/mol. The molecule has 182 valence electrons. The number of ether oxygens (including phenoxy) is 1. The Hall–Kier alpha value is -4.39. The number of carbonyl (C=O) groups is 1. The molecule has 0 aliphatic heterocycles. The van der Waals surface area contributed by atoms with E-state index < -0.39 is 0 Å². The summed E-state index contributed by atoms with van der Waals surface area (Å²) in [6.45, 7) is 3.71. The van der Waals surface area contributed by atoms with Crippen LogP contribution in [0.5, 0.6) is 5.75 Å². The number of para-hydroxylation sites is 1. The van der Waals surface area contributed by atoms with Crippen molar-refractivity contribution in [1.82, 2.24) is 24.0 Å². The Morgan fingerprint density at radius 1 is 0.944 bits per heavy atom. The van der Waals surface area contributed by atoms with Gasteiger partial charge in [0.25, 0.3) is 5.91 Å². The van der Waals surface area contributed by atoms with Gasteiger partial charge in [0.05, 0.1) is 24.9 Å². The maximum Gasteiger partial charge on any atom is 0.256 e. The molecule has 0 N–H and O–H groups in total. The molecule has 0 spiro atoms. The van der Waals surface area contributed by atoms with Crippen LogP contribution in [0.4, 0.5) is 0 Å². The first-order valence-electron chi connectivity index (χ1n) is 12.1. The van der Waals surface area contributed by atoms with Crippen molar-refractivity contribution in [3.8, 4) is 11.4 Å². The van der Waals surface area contributed by atoms with E-state index in [2.05, 4.69) is 16.5 Å². The number of carbonyl (C=O) groups excluding carboxylic acids is 1. The number of imidazole rings is 1. The molecule has 0 saturated carbocycles. The lowest BCUT2D eigenvalue weighted by molar-refractivity contribution is 0.0723. The molecule has 0 unspecified atom stereocenters. The van der Waals surface area contributed by atoms with E-state index in [9.17, 15) is 4.79 Å². The second-order valence-electron chi connectivity index (χ2n) is 8.64. The molecule has 2 aromatic carbocycles. The summed E-state index contributed by atoms with van der Waals surface area (Å²) in [5.74, 6) is 1.55. The average Bonchev–Trinajstić information content (AvgIpc) is 3.57. The smallest absolute Gasteiger partial charge is 0.256 e. The van der Waals surface area contributed by atoms with E-state index in [1.807, 2.05) is 94.7 Å². The van der Waals surface area contributed by atoms with Gasteiger partial charge in [-0.2, -0.15) is 0 Å². The lowest BCUT2D eigenvalue weighted by atomic mass is 10.1. The number of pyridine rings is 1. The van der Waals surface area contributed by atoms with Crippen LogP contribution in [0.15, 0.2) is 91.4 Å². The normalized spacial score (nSPS) is 11.1. The fraction of sp³-hybridized carbons (Fsp3) is 0.207. The van der Waals surface area contributed by atoms with Crippen molar-refractivity contribution in [1.29, 1.82) is 0 Å². The van der Waals surface area contributed by atoms with Crippen molar-refractivity contribution < 1.29 is 9.53 Å². The number of hydrogen-bond acceptors (Lipinski definition) is 4. The van der Waals surface area contributed by atoms with Gasteiger partial charge in [0.15, 0.2) is 5.65 Å². The van der Waals surface area contributed by atoms with Crippen LogP contribution in [0.25, 0.3) is 16.9 Å². The average molecular weight is 480 g/mol. The lowest BCUT2D eigenvalue weighted by Crippen LogP contribution is -2.32. The number of benzene rings is 2. The minimum absolute atomic E-state index is 0.0572. The summed E-state index contributed by atoms with van der Waals surface area (Å²) in [7, 11) is 1.65. The minimum atomic E-state index is -0.0572. The fourth-order valence-electron chi connectivity index (χ4n) is 4.45. The van der Waals surface area contributed by atoms with Crippen molar-refractivity contribution in [2.75, 3.05) is 7.11 Å². The van der Waals surface area contributed by atoms with Crippen LogP contribution in [0.3, 0.4) is 0 Å². The van der Waals surface area contributed by atoms with Gasteiger partial charge in [-0.05, 0) is 60.5 Å². The van der Waals surface area contributed by atoms with Crippen molar-refractivity contribution >= 4 is 17.1 Å². The van der Waals surface area contributed by atoms with Crippen molar-refractivity contribution in [2.24, 2.45) is 0 Å². The first-order valence-corrected chi connectivity index (χ1v) is 12.1. The molecule has 0 fully saturated rings. The molecule has 36 heavy (non-hydrogen) atoms. The SMILES string of the molecule is CCCn1c(CN(Cc2ccc(OC)cc2)C(=O)c2ccccc2-n2cccc2)nc2cccnc21. The van der Waals surface area contributed by atoms with Gasteiger partial charge in [-0.25, -0.2) is 9.97 Å². The predicted octanol–water partition coefficient (Wildman–Crippen LogP) is 5.48. The fourth-order valence-corrected chi connectivity index (χ4v) is 4.45. The predicted molar refractivity (Wildman–Crippen MR) is 140 cm³/mol. The number of fused-ring (bicyclic) bond motifs is 1. The Morgan fingerprint density at radius 2 is 1.72 bits per heavy atom. The molecule has 0 bridgehead atoms. The number of rotatable bonds is 9. The molecule has 0 atom stereocenters. The van der Waals surface area contributed by atoms with Gasteiger partial charge in [0, 0.05) is 31.7 Å². The third-order valence-electron chi connectivity index (χ3n) is 6.20. The molecule has 5 aromatic rings. The van der Waals surface area contributed by atoms with Crippen LogP contribution >= 0.6 is 0 Å². The third kappa shape index (κ3) is 4.73. The highest BCUT2D eigenvalue weighted by molar-refractivity contribution is 5.97. The number of aromatic nitrogens is 4. The Morgan fingerprint density at radius 3 is 2.47 bits per heavy atom. The molecule has 0 saturated heterocycles. The van der Waals surface area contributed by atoms with Gasteiger partial charge in [-0.3, -0.25) is 4.79 Å². The monoisotopic (exact) mass is 479 g/mol. The van der Waals surface area contributed by atoms with Gasteiger partial charge < -0.3 is 18.8 Å². The topological polar surface area (TPSA) is 65.2 Å². The molecule has 0 aliphatic carbocycles. The number of amides is 1. The molecule has 3 aromatic heterocycles. The number of hydrogen-bond donors (Lipinski definition) is 0.